The van der Waals surface area contributed by atoms with Crippen molar-refractivity contribution in [1.29, 1.82) is 0 Å². The van der Waals surface area contributed by atoms with Crippen molar-refractivity contribution in [3.63, 3.8) is 0 Å². The van der Waals surface area contributed by atoms with Gasteiger partial charge >= 0.3 is 6.18 Å². The van der Waals surface area contributed by atoms with Crippen LogP contribution in [0.1, 0.15) is 11.1 Å². The van der Waals surface area contributed by atoms with Crippen molar-refractivity contribution in [3.8, 4) is 0 Å². The molecule has 0 radical (unpaired) electrons. The molecule has 2 aromatic carbocycles. The minimum absolute atomic E-state index is 0.326. The Kier molecular flexibility index (Phi) is 6.17. The summed E-state index contributed by atoms with van der Waals surface area (Å²) >= 11 is 0. The Balaban J connectivity index is 1.66. The Morgan fingerprint density at radius 2 is 1.87 bits per heavy atom. The Morgan fingerprint density at radius 1 is 1.10 bits per heavy atom. The molecule has 30 heavy (non-hydrogen) atoms. The lowest BCUT2D eigenvalue weighted by molar-refractivity contribution is -0.137. The fourth-order valence-corrected chi connectivity index (χ4v) is 3.57. The van der Waals surface area contributed by atoms with E-state index in [1.807, 2.05) is 4.72 Å². The second-order valence-electron chi connectivity index (χ2n) is 6.15. The highest BCUT2D eigenvalue weighted by atomic mass is 32.2. The first-order valence-corrected chi connectivity index (χ1v) is 10.0. The summed E-state index contributed by atoms with van der Waals surface area (Å²) < 4.78 is 66.5. The Bertz CT molecular complexity index is 1130. The number of hydrogen-bond acceptors (Lipinski definition) is 5. The topological polar surface area (TPSA) is 106 Å². The van der Waals surface area contributed by atoms with Crippen LogP contribution in [0.4, 0.5) is 18.9 Å². The van der Waals surface area contributed by atoms with Crippen LogP contribution < -0.4 is 10.0 Å². The highest BCUT2D eigenvalue weighted by Gasteiger charge is 2.31. The van der Waals surface area contributed by atoms with Crippen LogP contribution in [0.3, 0.4) is 0 Å². The van der Waals surface area contributed by atoms with Gasteiger partial charge in [-0.05, 0) is 29.8 Å². The third-order valence-electron chi connectivity index (χ3n) is 3.98. The molecule has 3 rings (SSSR count). The van der Waals surface area contributed by atoms with Crippen LogP contribution in [0.25, 0.3) is 0 Å². The molecule has 1 amide bonds. The zero-order valence-electron chi connectivity index (χ0n) is 15.3. The third-order valence-corrected chi connectivity index (χ3v) is 5.38. The van der Waals surface area contributed by atoms with Crippen molar-refractivity contribution in [3.05, 3.63) is 72.3 Å². The predicted molar refractivity (Wildman–Crippen MR) is 101 cm³/mol. The van der Waals surface area contributed by atoms with E-state index >= 15 is 0 Å². The number of para-hydroxylation sites is 1. The summed E-state index contributed by atoms with van der Waals surface area (Å²) in [6, 6.07) is 10.1. The quantitative estimate of drug-likeness (QED) is 0.588. The molecule has 0 aliphatic rings. The van der Waals surface area contributed by atoms with Gasteiger partial charge < -0.3 is 5.32 Å². The molecule has 3 aromatic rings. The van der Waals surface area contributed by atoms with Crippen molar-refractivity contribution < 1.29 is 26.4 Å². The van der Waals surface area contributed by atoms with Gasteiger partial charge in [0.25, 0.3) is 0 Å². The van der Waals surface area contributed by atoms with Gasteiger partial charge in [-0.2, -0.15) is 18.3 Å². The third kappa shape index (κ3) is 5.42. The number of benzene rings is 2. The van der Waals surface area contributed by atoms with Crippen molar-refractivity contribution >= 4 is 21.6 Å². The number of amides is 1. The van der Waals surface area contributed by atoms with Gasteiger partial charge in [0.1, 0.15) is 12.7 Å². The summed E-state index contributed by atoms with van der Waals surface area (Å²) in [6.07, 6.45) is -1.82. The van der Waals surface area contributed by atoms with E-state index in [0.717, 1.165) is 18.2 Å². The number of aromatic nitrogens is 3. The average molecular weight is 439 g/mol. The van der Waals surface area contributed by atoms with E-state index in [-0.39, 0.29) is 0 Å². The normalized spacial score (nSPS) is 12.0. The number of alkyl halides is 3. The van der Waals surface area contributed by atoms with E-state index in [0.29, 0.717) is 23.9 Å². The number of rotatable bonds is 7. The predicted octanol–water partition coefficient (Wildman–Crippen LogP) is 2.26. The Labute approximate surface area is 169 Å². The number of anilines is 1. The van der Waals surface area contributed by atoms with Gasteiger partial charge in [0.15, 0.2) is 0 Å². The van der Waals surface area contributed by atoms with E-state index in [4.69, 9.17) is 0 Å². The molecule has 12 heteroatoms. The van der Waals surface area contributed by atoms with Crippen LogP contribution in [-0.4, -0.2) is 35.6 Å². The van der Waals surface area contributed by atoms with Gasteiger partial charge in [0, 0.05) is 5.69 Å². The maximum Gasteiger partial charge on any atom is 0.416 e. The van der Waals surface area contributed by atoms with Crippen LogP contribution in [0, 0.1) is 0 Å². The molecule has 158 valence electrons. The molecular weight excluding hydrogens is 423 g/mol. The number of nitrogens with one attached hydrogen (secondary N) is 2. The highest BCUT2D eigenvalue weighted by molar-refractivity contribution is 7.89. The first kappa shape index (κ1) is 21.5. The van der Waals surface area contributed by atoms with E-state index in [9.17, 15) is 26.4 Å². The summed E-state index contributed by atoms with van der Waals surface area (Å²) in [6.45, 7) is -0.331. The largest absolute Gasteiger partial charge is 0.416 e. The number of carbonyl (C=O) groups is 1. The number of halogens is 3. The molecule has 0 atom stereocenters. The number of hydrogen-bond donors (Lipinski definition) is 2. The molecule has 8 nitrogen and oxygen atoms in total. The standard InChI is InChI=1S/C18H16F3N5O3S/c19-18(20,21)14-5-3-6-15(8-14)30(28,29)24-9-17(27)25-16-7-2-1-4-13(16)10-26-12-22-11-23-26/h1-8,11-12,24H,9-10H2,(H,25,27). The molecule has 0 fully saturated rings. The van der Waals surface area contributed by atoms with Crippen molar-refractivity contribution in [2.45, 2.75) is 17.6 Å². The molecule has 0 aliphatic heterocycles. The SMILES string of the molecule is O=C(CNS(=O)(=O)c1cccc(C(F)(F)F)c1)Nc1ccccc1Cn1cncn1. The second kappa shape index (κ2) is 8.63. The second-order valence-corrected chi connectivity index (χ2v) is 7.92. The summed E-state index contributed by atoms with van der Waals surface area (Å²) in [4.78, 5) is 15.5. The summed E-state index contributed by atoms with van der Waals surface area (Å²) in [5.74, 6) is -0.684. The van der Waals surface area contributed by atoms with Crippen LogP contribution >= 0.6 is 0 Å². The molecule has 2 N–H and O–H groups in total. The summed E-state index contributed by atoms with van der Waals surface area (Å²) in [7, 11) is -4.31. The van der Waals surface area contributed by atoms with Crippen LogP contribution in [-0.2, 0) is 27.5 Å². The minimum Gasteiger partial charge on any atom is -0.325 e. The fourth-order valence-electron chi connectivity index (χ4n) is 2.55. The Hall–Kier alpha value is -3.25. The lowest BCUT2D eigenvalue weighted by Gasteiger charge is -2.12. The van der Waals surface area contributed by atoms with Crippen molar-refractivity contribution in [2.75, 3.05) is 11.9 Å². The molecule has 0 spiro atoms. The number of nitrogens with zero attached hydrogens (tertiary/aromatic N) is 3. The average Bonchev–Trinajstić information content (AvgIpc) is 3.21. The molecule has 1 heterocycles. The molecule has 0 saturated heterocycles. The highest BCUT2D eigenvalue weighted by Crippen LogP contribution is 2.30. The van der Waals surface area contributed by atoms with E-state index in [1.165, 1.54) is 12.7 Å². The molecule has 0 saturated carbocycles. The number of carbonyl (C=O) groups excluding carboxylic acids is 1. The van der Waals surface area contributed by atoms with Crippen molar-refractivity contribution in [1.82, 2.24) is 19.5 Å². The Morgan fingerprint density at radius 3 is 2.57 bits per heavy atom. The first-order valence-electron chi connectivity index (χ1n) is 8.52. The zero-order valence-corrected chi connectivity index (χ0v) is 16.1. The van der Waals surface area contributed by atoms with Gasteiger partial charge in [0.05, 0.1) is 23.5 Å². The number of sulfonamides is 1. The zero-order chi connectivity index (χ0) is 21.8. The van der Waals surface area contributed by atoms with Gasteiger partial charge in [-0.15, -0.1) is 0 Å². The maximum absolute atomic E-state index is 12.8. The van der Waals surface area contributed by atoms with Crippen LogP contribution in [0.5, 0.6) is 0 Å². The lowest BCUT2D eigenvalue weighted by Crippen LogP contribution is -2.33. The molecule has 1 aromatic heterocycles. The van der Waals surface area contributed by atoms with Gasteiger partial charge in [-0.25, -0.2) is 22.8 Å². The smallest absolute Gasteiger partial charge is 0.325 e. The summed E-state index contributed by atoms with van der Waals surface area (Å²) in [5.41, 5.74) is 0.0465. The van der Waals surface area contributed by atoms with Crippen molar-refractivity contribution in [2.24, 2.45) is 0 Å². The molecular formula is C18H16F3N5O3S. The van der Waals surface area contributed by atoms with Gasteiger partial charge in [-0.3, -0.25) is 4.79 Å². The van der Waals surface area contributed by atoms with E-state index < -0.39 is 39.1 Å². The fraction of sp³-hybridized carbons (Fsp3) is 0.167. The maximum atomic E-state index is 12.8. The summed E-state index contributed by atoms with van der Waals surface area (Å²) in [5, 5.41) is 6.55. The van der Waals surface area contributed by atoms with Gasteiger partial charge in [-0.1, -0.05) is 24.3 Å². The minimum atomic E-state index is -4.68. The molecule has 0 bridgehead atoms. The lowest BCUT2D eigenvalue weighted by atomic mass is 10.1. The molecule has 0 unspecified atom stereocenters. The van der Waals surface area contributed by atoms with Crippen LogP contribution in [0.15, 0.2) is 66.1 Å². The monoisotopic (exact) mass is 439 g/mol. The van der Waals surface area contributed by atoms with E-state index in [1.54, 1.807) is 28.9 Å². The first-order chi connectivity index (χ1) is 14.1. The molecule has 0 aliphatic carbocycles. The van der Waals surface area contributed by atoms with Gasteiger partial charge in [0.2, 0.25) is 15.9 Å². The van der Waals surface area contributed by atoms with Crippen LogP contribution in [0.2, 0.25) is 0 Å². The van der Waals surface area contributed by atoms with E-state index in [2.05, 4.69) is 15.4 Å².